The summed E-state index contributed by atoms with van der Waals surface area (Å²) in [5.74, 6) is 0.677. The van der Waals surface area contributed by atoms with Crippen LogP contribution in [0.5, 0.6) is 5.75 Å². The lowest BCUT2D eigenvalue weighted by Crippen LogP contribution is -2.48. The highest BCUT2D eigenvalue weighted by molar-refractivity contribution is 6.31. The Kier molecular flexibility index (Phi) is 8.44. The Morgan fingerprint density at radius 2 is 1.80 bits per heavy atom. The van der Waals surface area contributed by atoms with E-state index >= 15 is 0 Å². The van der Waals surface area contributed by atoms with Crippen LogP contribution in [0.15, 0.2) is 59.7 Å². The van der Waals surface area contributed by atoms with Crippen molar-refractivity contribution in [1.82, 2.24) is 15.2 Å². The van der Waals surface area contributed by atoms with Gasteiger partial charge in [0, 0.05) is 49.5 Å². The summed E-state index contributed by atoms with van der Waals surface area (Å²) in [6.07, 6.45) is 5.21. The second kappa shape index (κ2) is 11.5. The Morgan fingerprint density at radius 3 is 2.57 bits per heavy atom. The highest BCUT2D eigenvalue weighted by atomic mass is 35.5. The summed E-state index contributed by atoms with van der Waals surface area (Å²) in [6.45, 7) is 4.67. The SMILES string of the molecule is COc1ccccc1/C=C/C=N/NC(=O)CN1CCN(Cc2ccccc2Cl)CC1. The lowest BCUT2D eigenvalue weighted by Gasteiger charge is -2.34. The number of amides is 1. The molecule has 30 heavy (non-hydrogen) atoms. The fraction of sp³-hybridized carbons (Fsp3) is 0.304. The molecule has 0 atom stereocenters. The zero-order valence-electron chi connectivity index (χ0n) is 17.1. The second-order valence-electron chi connectivity index (χ2n) is 7.06. The maximum Gasteiger partial charge on any atom is 0.254 e. The Bertz CT molecular complexity index is 892. The smallest absolute Gasteiger partial charge is 0.254 e. The number of methoxy groups -OCH3 is 1. The molecule has 0 unspecified atom stereocenters. The summed E-state index contributed by atoms with van der Waals surface area (Å²) in [6, 6.07) is 15.6. The van der Waals surface area contributed by atoms with E-state index in [1.807, 2.05) is 48.5 Å². The molecule has 1 N–H and O–H groups in total. The van der Waals surface area contributed by atoms with Crippen molar-refractivity contribution in [2.45, 2.75) is 6.54 Å². The molecule has 1 amide bonds. The summed E-state index contributed by atoms with van der Waals surface area (Å²) in [5.41, 5.74) is 4.67. The van der Waals surface area contributed by atoms with Crippen molar-refractivity contribution in [3.8, 4) is 5.75 Å². The van der Waals surface area contributed by atoms with E-state index in [4.69, 9.17) is 16.3 Å². The van der Waals surface area contributed by atoms with Crippen LogP contribution >= 0.6 is 11.6 Å². The van der Waals surface area contributed by atoms with Gasteiger partial charge in [-0.05, 0) is 29.8 Å². The first-order valence-electron chi connectivity index (χ1n) is 9.95. The molecule has 1 saturated heterocycles. The largest absolute Gasteiger partial charge is 0.496 e. The summed E-state index contributed by atoms with van der Waals surface area (Å²) >= 11 is 6.25. The van der Waals surface area contributed by atoms with Crippen molar-refractivity contribution in [2.24, 2.45) is 5.10 Å². The number of hydrogen-bond donors (Lipinski definition) is 1. The summed E-state index contributed by atoms with van der Waals surface area (Å²) in [4.78, 5) is 16.6. The molecule has 1 aliphatic rings. The number of rotatable bonds is 8. The quantitative estimate of drug-likeness (QED) is 0.520. The minimum Gasteiger partial charge on any atom is -0.496 e. The van der Waals surface area contributed by atoms with Crippen molar-refractivity contribution in [3.63, 3.8) is 0 Å². The van der Waals surface area contributed by atoms with Crippen LogP contribution in [0.1, 0.15) is 11.1 Å². The fourth-order valence-corrected chi connectivity index (χ4v) is 3.51. The number of nitrogens with zero attached hydrogens (tertiary/aromatic N) is 3. The van der Waals surface area contributed by atoms with Gasteiger partial charge in [0.2, 0.25) is 0 Å². The van der Waals surface area contributed by atoms with Crippen LogP contribution in [0, 0.1) is 0 Å². The lowest BCUT2D eigenvalue weighted by atomic mass is 10.2. The average Bonchev–Trinajstić information content (AvgIpc) is 2.76. The van der Waals surface area contributed by atoms with Gasteiger partial charge in [-0.15, -0.1) is 0 Å². The number of ether oxygens (including phenoxy) is 1. The Labute approximate surface area is 182 Å². The topological polar surface area (TPSA) is 57.2 Å². The van der Waals surface area contributed by atoms with E-state index in [1.165, 1.54) is 0 Å². The van der Waals surface area contributed by atoms with Gasteiger partial charge >= 0.3 is 0 Å². The van der Waals surface area contributed by atoms with Crippen molar-refractivity contribution < 1.29 is 9.53 Å². The number of nitrogens with one attached hydrogen (secondary N) is 1. The van der Waals surface area contributed by atoms with Gasteiger partial charge in [-0.2, -0.15) is 5.10 Å². The highest BCUT2D eigenvalue weighted by Gasteiger charge is 2.19. The average molecular weight is 427 g/mol. The fourth-order valence-electron chi connectivity index (χ4n) is 3.31. The summed E-state index contributed by atoms with van der Waals surface area (Å²) < 4.78 is 5.29. The van der Waals surface area contributed by atoms with Gasteiger partial charge in [-0.25, -0.2) is 5.43 Å². The minimum absolute atomic E-state index is 0.114. The maximum absolute atomic E-state index is 12.1. The number of hydrazone groups is 1. The van der Waals surface area contributed by atoms with Crippen LogP contribution in [0.4, 0.5) is 0 Å². The molecule has 0 aliphatic carbocycles. The van der Waals surface area contributed by atoms with Crippen molar-refractivity contribution >= 4 is 29.8 Å². The number of carbonyl (C=O) groups excluding carboxylic acids is 1. The van der Waals surface area contributed by atoms with Crippen LogP contribution in [-0.4, -0.2) is 61.8 Å². The molecule has 6 nitrogen and oxygen atoms in total. The molecule has 0 spiro atoms. The van der Waals surface area contributed by atoms with E-state index in [-0.39, 0.29) is 5.91 Å². The standard InChI is InChI=1S/C23H27ClN4O2/c1-30-22-11-5-3-7-19(22)9-6-12-25-26-23(29)18-28-15-13-27(14-16-28)17-20-8-2-4-10-21(20)24/h2-12H,13-18H2,1H3,(H,26,29)/b9-6+,25-12+. The second-order valence-corrected chi connectivity index (χ2v) is 7.47. The third-order valence-corrected chi connectivity index (χ3v) is 5.32. The number of hydrogen-bond acceptors (Lipinski definition) is 5. The zero-order chi connectivity index (χ0) is 21.2. The van der Waals surface area contributed by atoms with Gasteiger partial charge in [0.15, 0.2) is 0 Å². The Morgan fingerprint density at radius 1 is 1.10 bits per heavy atom. The molecule has 1 fully saturated rings. The number of benzene rings is 2. The van der Waals surface area contributed by atoms with Gasteiger partial charge < -0.3 is 4.74 Å². The molecule has 2 aromatic rings. The van der Waals surface area contributed by atoms with Gasteiger partial charge in [0.05, 0.1) is 13.7 Å². The number of carbonyl (C=O) groups is 1. The summed E-state index contributed by atoms with van der Waals surface area (Å²) in [7, 11) is 1.64. The molecule has 1 aliphatic heterocycles. The number of halogens is 1. The molecule has 1 heterocycles. The first-order valence-corrected chi connectivity index (χ1v) is 10.3. The van der Waals surface area contributed by atoms with Gasteiger partial charge in [-0.1, -0.05) is 48.0 Å². The first kappa shape index (κ1) is 22.0. The number of para-hydroxylation sites is 1. The monoisotopic (exact) mass is 426 g/mol. The molecule has 0 radical (unpaired) electrons. The molecule has 0 saturated carbocycles. The molecule has 0 aromatic heterocycles. The zero-order valence-corrected chi connectivity index (χ0v) is 17.9. The van der Waals surface area contributed by atoms with Gasteiger partial charge in [0.25, 0.3) is 5.91 Å². The van der Waals surface area contributed by atoms with Crippen LogP contribution in [0.3, 0.4) is 0 Å². The third-order valence-electron chi connectivity index (χ3n) is 4.95. The molecular formula is C23H27ClN4O2. The van der Waals surface area contributed by atoms with Gasteiger partial charge in [-0.3, -0.25) is 14.6 Å². The van der Waals surface area contributed by atoms with Gasteiger partial charge in [0.1, 0.15) is 5.75 Å². The highest BCUT2D eigenvalue weighted by Crippen LogP contribution is 2.19. The van der Waals surface area contributed by atoms with Crippen molar-refractivity contribution in [1.29, 1.82) is 0 Å². The van der Waals surface area contributed by atoms with E-state index in [1.54, 1.807) is 19.4 Å². The number of allylic oxidation sites excluding steroid dienone is 1. The molecule has 158 valence electrons. The maximum atomic E-state index is 12.1. The lowest BCUT2D eigenvalue weighted by molar-refractivity contribution is -0.122. The first-order chi connectivity index (χ1) is 14.7. The predicted molar refractivity (Wildman–Crippen MR) is 122 cm³/mol. The van der Waals surface area contributed by atoms with Crippen LogP contribution in [0.2, 0.25) is 5.02 Å². The van der Waals surface area contributed by atoms with E-state index in [0.717, 1.165) is 54.6 Å². The Hall–Kier alpha value is -2.67. The van der Waals surface area contributed by atoms with E-state index in [9.17, 15) is 4.79 Å². The van der Waals surface area contributed by atoms with E-state index < -0.39 is 0 Å². The normalized spacial score (nSPS) is 15.7. The molecule has 2 aromatic carbocycles. The molecule has 7 heteroatoms. The van der Waals surface area contributed by atoms with E-state index in [2.05, 4.69) is 26.4 Å². The Balaban J connectivity index is 1.37. The van der Waals surface area contributed by atoms with Crippen LogP contribution in [-0.2, 0) is 11.3 Å². The molecule has 0 bridgehead atoms. The predicted octanol–water partition coefficient (Wildman–Crippen LogP) is 3.28. The van der Waals surface area contributed by atoms with Crippen LogP contribution < -0.4 is 10.2 Å². The van der Waals surface area contributed by atoms with Crippen molar-refractivity contribution in [2.75, 3.05) is 39.8 Å². The number of piperazine rings is 1. The summed E-state index contributed by atoms with van der Waals surface area (Å²) in [5, 5.41) is 4.79. The van der Waals surface area contributed by atoms with Crippen molar-refractivity contribution in [3.05, 3.63) is 70.8 Å². The van der Waals surface area contributed by atoms with E-state index in [0.29, 0.717) is 6.54 Å². The molecule has 3 rings (SSSR count). The third kappa shape index (κ3) is 6.69. The molecular weight excluding hydrogens is 400 g/mol. The van der Waals surface area contributed by atoms with Crippen LogP contribution in [0.25, 0.3) is 6.08 Å². The minimum atomic E-state index is -0.114.